The molecule has 0 aromatic rings. The minimum atomic E-state index is -1.24. The van der Waals surface area contributed by atoms with Crippen molar-refractivity contribution in [1.29, 1.82) is 0 Å². The Bertz CT molecular complexity index is 133. The van der Waals surface area contributed by atoms with E-state index >= 15 is 0 Å². The molecule has 0 heterocycles. The van der Waals surface area contributed by atoms with E-state index in [0.29, 0.717) is 0 Å². The Morgan fingerprint density at radius 3 is 2.27 bits per heavy atom. The van der Waals surface area contributed by atoms with Crippen LogP contribution in [0.3, 0.4) is 0 Å². The van der Waals surface area contributed by atoms with E-state index in [-0.39, 0.29) is 6.73 Å². The van der Waals surface area contributed by atoms with Crippen LogP contribution in [0.2, 0.25) is 0 Å². The number of hydrogen-bond acceptors (Lipinski definition) is 5. The summed E-state index contributed by atoms with van der Waals surface area (Å²) in [6.45, 7) is 0.240. The number of aliphatic hydroxyl groups is 2. The highest BCUT2D eigenvalue weighted by molar-refractivity contribution is 5.76. The average Bonchev–Trinajstić information content (AvgIpc) is 2.03. The van der Waals surface area contributed by atoms with Gasteiger partial charge in [0, 0.05) is 0 Å². The van der Waals surface area contributed by atoms with Gasteiger partial charge in [-0.25, -0.2) is 0 Å². The van der Waals surface area contributed by atoms with Gasteiger partial charge in [-0.15, -0.1) is 0 Å². The Kier molecular flexibility index (Phi) is 4.02. The first-order valence-electron chi connectivity index (χ1n) is 3.19. The van der Waals surface area contributed by atoms with Crippen LogP contribution in [0, 0.1) is 5.41 Å². The molecule has 0 radical (unpaired) electrons. The highest BCUT2D eigenvalue weighted by atomic mass is 16.5. The minimum absolute atomic E-state index is 0.242. The molecule has 66 valence electrons. The van der Waals surface area contributed by atoms with Crippen molar-refractivity contribution in [3.8, 4) is 0 Å². The molecule has 0 atom stereocenters. The molecule has 0 saturated carbocycles. The first kappa shape index (κ1) is 10.3. The van der Waals surface area contributed by atoms with Crippen molar-refractivity contribution in [2.75, 3.05) is 19.9 Å². The van der Waals surface area contributed by atoms with E-state index in [1.165, 1.54) is 6.92 Å². The van der Waals surface area contributed by atoms with Crippen LogP contribution in [0.4, 0.5) is 0 Å². The van der Waals surface area contributed by atoms with Crippen LogP contribution in [-0.4, -0.2) is 36.1 Å². The van der Waals surface area contributed by atoms with Crippen LogP contribution in [-0.2, 0) is 9.53 Å². The topological polar surface area (TPSA) is 92.8 Å². The Balaban J connectivity index is 4.12. The smallest absolute Gasteiger partial charge is 0.317 e. The third-order valence-electron chi connectivity index (χ3n) is 1.41. The van der Waals surface area contributed by atoms with Crippen LogP contribution in [0.25, 0.3) is 0 Å². The van der Waals surface area contributed by atoms with Crippen molar-refractivity contribution >= 4 is 5.97 Å². The van der Waals surface area contributed by atoms with E-state index in [4.69, 9.17) is 15.9 Å². The Morgan fingerprint density at radius 2 is 2.00 bits per heavy atom. The van der Waals surface area contributed by atoms with E-state index in [1.54, 1.807) is 0 Å². The van der Waals surface area contributed by atoms with E-state index in [9.17, 15) is 4.79 Å². The zero-order chi connectivity index (χ0) is 8.91. The highest BCUT2D eigenvalue weighted by Crippen LogP contribution is 2.15. The summed E-state index contributed by atoms with van der Waals surface area (Å²) in [5, 5.41) is 17.4. The zero-order valence-electron chi connectivity index (χ0n) is 6.41. The number of rotatable bonds is 4. The van der Waals surface area contributed by atoms with E-state index < -0.39 is 24.6 Å². The van der Waals surface area contributed by atoms with Crippen molar-refractivity contribution in [3.63, 3.8) is 0 Å². The molecule has 0 aliphatic carbocycles. The maximum atomic E-state index is 10.9. The SMILES string of the molecule is CC(CO)(CO)C(=O)OCN. The van der Waals surface area contributed by atoms with Gasteiger partial charge < -0.3 is 14.9 Å². The van der Waals surface area contributed by atoms with Gasteiger partial charge in [0.25, 0.3) is 0 Å². The zero-order valence-corrected chi connectivity index (χ0v) is 6.41. The van der Waals surface area contributed by atoms with E-state index in [1.807, 2.05) is 0 Å². The van der Waals surface area contributed by atoms with Gasteiger partial charge in [0.05, 0.1) is 13.2 Å². The molecule has 0 spiro atoms. The molecular formula is C6H13NO4. The molecule has 0 amide bonds. The second-order valence-corrected chi connectivity index (χ2v) is 2.48. The van der Waals surface area contributed by atoms with Crippen LogP contribution in [0.15, 0.2) is 0 Å². The fourth-order valence-electron chi connectivity index (χ4n) is 0.429. The molecule has 0 rings (SSSR count). The summed E-state index contributed by atoms with van der Waals surface area (Å²) in [6, 6.07) is 0. The lowest BCUT2D eigenvalue weighted by Gasteiger charge is -2.21. The van der Waals surface area contributed by atoms with Crippen molar-refractivity contribution < 1.29 is 19.7 Å². The normalized spacial score (nSPS) is 11.3. The molecule has 4 N–H and O–H groups in total. The summed E-state index contributed by atoms with van der Waals surface area (Å²) in [4.78, 5) is 10.9. The first-order valence-corrected chi connectivity index (χ1v) is 3.19. The predicted molar refractivity (Wildman–Crippen MR) is 37.4 cm³/mol. The van der Waals surface area contributed by atoms with Crippen molar-refractivity contribution in [2.45, 2.75) is 6.92 Å². The Labute approximate surface area is 64.8 Å². The van der Waals surface area contributed by atoms with Gasteiger partial charge in [-0.2, -0.15) is 0 Å². The van der Waals surface area contributed by atoms with Gasteiger partial charge in [0.15, 0.2) is 0 Å². The molecule has 11 heavy (non-hydrogen) atoms. The maximum Gasteiger partial charge on any atom is 0.317 e. The summed E-state index contributed by atoms with van der Waals surface area (Å²) in [7, 11) is 0. The molecule has 0 aromatic carbocycles. The van der Waals surface area contributed by atoms with Gasteiger partial charge in [0.2, 0.25) is 0 Å². The number of nitrogens with two attached hydrogens (primary N) is 1. The van der Waals surface area contributed by atoms with Crippen LogP contribution in [0.1, 0.15) is 6.92 Å². The van der Waals surface area contributed by atoms with Crippen molar-refractivity contribution in [1.82, 2.24) is 0 Å². The molecule has 0 fully saturated rings. The number of carbonyl (C=O) groups excluding carboxylic acids is 1. The molecule has 0 aliphatic heterocycles. The number of carbonyl (C=O) groups is 1. The third-order valence-corrected chi connectivity index (χ3v) is 1.41. The minimum Gasteiger partial charge on any atom is -0.449 e. The fourth-order valence-corrected chi connectivity index (χ4v) is 0.429. The second-order valence-electron chi connectivity index (χ2n) is 2.48. The summed E-state index contributed by atoms with van der Waals surface area (Å²) >= 11 is 0. The molecule has 0 aromatic heterocycles. The summed E-state index contributed by atoms with van der Waals surface area (Å²) < 4.78 is 4.41. The lowest BCUT2D eigenvalue weighted by Crippen LogP contribution is -2.37. The fraction of sp³-hybridized carbons (Fsp3) is 0.833. The number of ether oxygens (including phenoxy) is 1. The van der Waals surface area contributed by atoms with Crippen LogP contribution >= 0.6 is 0 Å². The Hall–Kier alpha value is -0.650. The molecule has 0 unspecified atom stereocenters. The van der Waals surface area contributed by atoms with Gasteiger partial charge in [-0.1, -0.05) is 0 Å². The number of esters is 1. The summed E-state index contributed by atoms with van der Waals surface area (Å²) in [6.07, 6.45) is 0. The summed E-state index contributed by atoms with van der Waals surface area (Å²) in [5.74, 6) is -0.690. The van der Waals surface area contributed by atoms with Gasteiger partial charge >= 0.3 is 5.97 Å². The lowest BCUT2D eigenvalue weighted by atomic mass is 9.93. The van der Waals surface area contributed by atoms with Crippen LogP contribution < -0.4 is 5.73 Å². The average molecular weight is 163 g/mol. The number of hydrogen-bond donors (Lipinski definition) is 3. The maximum absolute atomic E-state index is 10.9. The largest absolute Gasteiger partial charge is 0.449 e. The van der Waals surface area contributed by atoms with Gasteiger partial charge in [0.1, 0.15) is 12.1 Å². The van der Waals surface area contributed by atoms with Gasteiger partial charge in [-0.05, 0) is 6.92 Å². The molecular weight excluding hydrogens is 150 g/mol. The first-order chi connectivity index (χ1) is 5.10. The van der Waals surface area contributed by atoms with E-state index in [0.717, 1.165) is 0 Å². The third kappa shape index (κ3) is 2.45. The number of aliphatic hydroxyl groups excluding tert-OH is 2. The lowest BCUT2D eigenvalue weighted by molar-refractivity contribution is -0.159. The quantitative estimate of drug-likeness (QED) is 0.344. The second kappa shape index (κ2) is 4.27. The molecule has 0 aliphatic rings. The van der Waals surface area contributed by atoms with Crippen molar-refractivity contribution in [2.24, 2.45) is 11.1 Å². The standard InChI is InChI=1S/C6H13NO4/c1-6(2-8,3-9)5(10)11-4-7/h8-9H,2-4,7H2,1H3. The van der Waals surface area contributed by atoms with Crippen LogP contribution in [0.5, 0.6) is 0 Å². The van der Waals surface area contributed by atoms with Gasteiger partial charge in [-0.3, -0.25) is 10.5 Å². The monoisotopic (exact) mass is 163 g/mol. The molecule has 5 nitrogen and oxygen atoms in total. The Morgan fingerprint density at radius 1 is 1.55 bits per heavy atom. The molecule has 5 heteroatoms. The molecule has 0 saturated heterocycles. The summed E-state index contributed by atoms with van der Waals surface area (Å²) in [5.41, 5.74) is 3.69. The van der Waals surface area contributed by atoms with E-state index in [2.05, 4.69) is 4.74 Å². The highest BCUT2D eigenvalue weighted by Gasteiger charge is 2.33. The van der Waals surface area contributed by atoms with Crippen molar-refractivity contribution in [3.05, 3.63) is 0 Å². The predicted octanol–water partition coefficient (Wildman–Crippen LogP) is -1.56. The molecule has 0 bridgehead atoms.